The molecule has 0 bridgehead atoms. The molecule has 0 fully saturated rings. The van der Waals surface area contributed by atoms with E-state index in [-0.39, 0.29) is 11.3 Å². The summed E-state index contributed by atoms with van der Waals surface area (Å²) in [4.78, 5) is 22.5. The minimum atomic E-state index is -0.808. The van der Waals surface area contributed by atoms with E-state index in [1.165, 1.54) is 18.3 Å². The van der Waals surface area contributed by atoms with Crippen LogP contribution in [0, 0.1) is 24.0 Å². The largest absolute Gasteiger partial charge is 0.481 e. The maximum Gasteiger partial charge on any atom is 0.280 e. The molecule has 7 nitrogen and oxygen atoms in total. The molecule has 0 radical (unpaired) electrons. The van der Waals surface area contributed by atoms with E-state index in [2.05, 4.69) is 10.5 Å². The number of benzene rings is 2. The van der Waals surface area contributed by atoms with Crippen molar-refractivity contribution in [3.8, 4) is 5.75 Å². The molecule has 1 atom stereocenters. The van der Waals surface area contributed by atoms with E-state index in [4.69, 9.17) is 16.3 Å². The number of nitro benzene ring substituents is 1. The number of para-hydroxylation sites is 1. The number of carbonyl (C=O) groups excluding carboxylic acids is 1. The van der Waals surface area contributed by atoms with Crippen molar-refractivity contribution >= 4 is 29.4 Å². The van der Waals surface area contributed by atoms with Crippen LogP contribution in [0.3, 0.4) is 0 Å². The average Bonchev–Trinajstić information content (AvgIpc) is 2.59. The summed E-state index contributed by atoms with van der Waals surface area (Å²) in [5.74, 6) is 0.0415. The van der Waals surface area contributed by atoms with Crippen molar-refractivity contribution in [2.24, 2.45) is 5.10 Å². The van der Waals surface area contributed by atoms with Crippen LogP contribution in [-0.4, -0.2) is 23.1 Å². The zero-order chi connectivity index (χ0) is 19.3. The Morgan fingerprint density at radius 1 is 1.31 bits per heavy atom. The molecule has 8 heteroatoms. The summed E-state index contributed by atoms with van der Waals surface area (Å²) in [5, 5.41) is 15.4. The summed E-state index contributed by atoms with van der Waals surface area (Å²) in [7, 11) is 0. The van der Waals surface area contributed by atoms with Gasteiger partial charge in [0.25, 0.3) is 11.6 Å². The van der Waals surface area contributed by atoms with Gasteiger partial charge in [-0.05, 0) is 50.1 Å². The molecule has 0 saturated heterocycles. The number of nitro groups is 1. The maximum atomic E-state index is 12.1. The van der Waals surface area contributed by atoms with Crippen LogP contribution in [0.15, 0.2) is 41.5 Å². The second-order valence-corrected chi connectivity index (χ2v) is 6.06. The lowest BCUT2D eigenvalue weighted by molar-refractivity contribution is -0.385. The molecule has 2 aromatic carbocycles. The van der Waals surface area contributed by atoms with E-state index in [0.717, 1.165) is 11.1 Å². The van der Waals surface area contributed by atoms with Crippen molar-refractivity contribution in [1.82, 2.24) is 5.43 Å². The lowest BCUT2D eigenvalue weighted by atomic mass is 10.1. The molecule has 0 aliphatic heterocycles. The quantitative estimate of drug-likeness (QED) is 0.472. The summed E-state index contributed by atoms with van der Waals surface area (Å²) in [6, 6.07) is 9.59. The van der Waals surface area contributed by atoms with Gasteiger partial charge < -0.3 is 4.74 Å². The number of nitrogens with one attached hydrogen (secondary N) is 1. The van der Waals surface area contributed by atoms with E-state index in [1.807, 2.05) is 13.8 Å². The van der Waals surface area contributed by atoms with Crippen LogP contribution in [0.1, 0.15) is 23.6 Å². The molecule has 2 rings (SSSR count). The number of rotatable bonds is 6. The minimum Gasteiger partial charge on any atom is -0.481 e. The molecule has 136 valence electrons. The smallest absolute Gasteiger partial charge is 0.280 e. The first-order valence-electron chi connectivity index (χ1n) is 7.79. The van der Waals surface area contributed by atoms with E-state index < -0.39 is 16.9 Å². The van der Waals surface area contributed by atoms with Gasteiger partial charge in [0.1, 0.15) is 5.75 Å². The number of amides is 1. The molecule has 1 unspecified atom stereocenters. The lowest BCUT2D eigenvalue weighted by Crippen LogP contribution is -2.33. The fourth-order valence-electron chi connectivity index (χ4n) is 2.25. The third-order valence-electron chi connectivity index (χ3n) is 3.60. The highest BCUT2D eigenvalue weighted by molar-refractivity contribution is 6.32. The van der Waals surface area contributed by atoms with Gasteiger partial charge in [-0.15, -0.1) is 0 Å². The van der Waals surface area contributed by atoms with Gasteiger partial charge in [-0.3, -0.25) is 14.9 Å². The maximum absolute atomic E-state index is 12.1. The Morgan fingerprint density at radius 3 is 2.54 bits per heavy atom. The predicted molar refractivity (Wildman–Crippen MR) is 99.8 cm³/mol. The van der Waals surface area contributed by atoms with Crippen molar-refractivity contribution in [3.05, 3.63) is 68.2 Å². The van der Waals surface area contributed by atoms with Crippen molar-refractivity contribution in [2.75, 3.05) is 0 Å². The van der Waals surface area contributed by atoms with E-state index >= 15 is 0 Å². The molecule has 26 heavy (non-hydrogen) atoms. The molecule has 0 spiro atoms. The first-order chi connectivity index (χ1) is 12.3. The first kappa shape index (κ1) is 19.4. The fourth-order valence-corrected chi connectivity index (χ4v) is 2.36. The number of nitrogens with zero attached hydrogens (tertiary/aromatic N) is 2. The summed E-state index contributed by atoms with van der Waals surface area (Å²) in [6.07, 6.45) is 0.414. The average molecular weight is 376 g/mol. The number of carbonyl (C=O) groups is 1. The Hall–Kier alpha value is -2.93. The lowest BCUT2D eigenvalue weighted by Gasteiger charge is -2.14. The fraction of sp³-hybridized carbons (Fsp3) is 0.222. The van der Waals surface area contributed by atoms with Crippen LogP contribution >= 0.6 is 11.6 Å². The summed E-state index contributed by atoms with van der Waals surface area (Å²) in [6.45, 7) is 5.28. The zero-order valence-corrected chi connectivity index (χ0v) is 15.3. The predicted octanol–water partition coefficient (Wildman–Crippen LogP) is 3.78. The molecule has 0 aromatic heterocycles. The minimum absolute atomic E-state index is 0.0955. The van der Waals surface area contributed by atoms with Gasteiger partial charge in [-0.2, -0.15) is 5.10 Å². The van der Waals surface area contributed by atoms with Gasteiger partial charge in [0.2, 0.25) is 0 Å². The number of ether oxygens (including phenoxy) is 1. The van der Waals surface area contributed by atoms with Crippen LogP contribution in [0.2, 0.25) is 5.02 Å². The van der Waals surface area contributed by atoms with Gasteiger partial charge in [0, 0.05) is 11.1 Å². The van der Waals surface area contributed by atoms with Crippen molar-refractivity contribution in [3.63, 3.8) is 0 Å². The SMILES string of the molecule is Cc1cc(OC(C)C(=O)N/N=C/c2ccccc2[N+](=O)[O-])cc(C)c1Cl. The Morgan fingerprint density at radius 2 is 1.92 bits per heavy atom. The molecular formula is C18H18ClN3O4. The third-order valence-corrected chi connectivity index (χ3v) is 4.20. The number of hydrogen-bond donors (Lipinski definition) is 1. The second-order valence-electron chi connectivity index (χ2n) is 5.68. The molecule has 1 amide bonds. The first-order valence-corrected chi connectivity index (χ1v) is 8.17. The van der Waals surface area contributed by atoms with E-state index in [9.17, 15) is 14.9 Å². The van der Waals surface area contributed by atoms with Crippen LogP contribution < -0.4 is 10.2 Å². The Balaban J connectivity index is 2.01. The number of aryl methyl sites for hydroxylation is 2. The molecular weight excluding hydrogens is 358 g/mol. The highest BCUT2D eigenvalue weighted by atomic mass is 35.5. The molecule has 0 aliphatic rings. The molecule has 0 heterocycles. The van der Waals surface area contributed by atoms with Crippen molar-refractivity contribution < 1.29 is 14.5 Å². The van der Waals surface area contributed by atoms with Gasteiger partial charge in [0.15, 0.2) is 6.10 Å². The van der Waals surface area contributed by atoms with Gasteiger partial charge >= 0.3 is 0 Å². The normalized spacial score (nSPS) is 12.0. The molecule has 0 aliphatic carbocycles. The van der Waals surface area contributed by atoms with Crippen LogP contribution in [0.25, 0.3) is 0 Å². The van der Waals surface area contributed by atoms with Crippen LogP contribution in [-0.2, 0) is 4.79 Å². The number of halogens is 1. The Labute approximate surface area is 155 Å². The second kappa shape index (κ2) is 8.44. The monoisotopic (exact) mass is 375 g/mol. The molecule has 1 N–H and O–H groups in total. The van der Waals surface area contributed by atoms with Crippen molar-refractivity contribution in [2.45, 2.75) is 26.9 Å². The number of hydrazone groups is 1. The molecule has 0 saturated carbocycles. The highest BCUT2D eigenvalue weighted by Crippen LogP contribution is 2.26. The van der Waals surface area contributed by atoms with E-state index in [1.54, 1.807) is 31.2 Å². The highest BCUT2D eigenvalue weighted by Gasteiger charge is 2.15. The Kier molecular flexibility index (Phi) is 6.30. The number of hydrogen-bond acceptors (Lipinski definition) is 5. The van der Waals surface area contributed by atoms with Crippen LogP contribution in [0.4, 0.5) is 5.69 Å². The van der Waals surface area contributed by atoms with Crippen molar-refractivity contribution in [1.29, 1.82) is 0 Å². The van der Waals surface area contributed by atoms with Gasteiger partial charge in [-0.1, -0.05) is 23.7 Å². The Bertz CT molecular complexity index is 844. The summed E-state index contributed by atoms with van der Waals surface area (Å²) >= 11 is 6.11. The third kappa shape index (κ3) is 4.80. The molecule has 2 aromatic rings. The van der Waals surface area contributed by atoms with Crippen LogP contribution in [0.5, 0.6) is 5.75 Å². The van der Waals surface area contributed by atoms with E-state index in [0.29, 0.717) is 10.8 Å². The summed E-state index contributed by atoms with van der Waals surface area (Å²) in [5.41, 5.74) is 4.21. The topological polar surface area (TPSA) is 93.8 Å². The van der Waals surface area contributed by atoms with Gasteiger partial charge in [0.05, 0.1) is 16.7 Å². The van der Waals surface area contributed by atoms with Gasteiger partial charge in [-0.25, -0.2) is 5.43 Å². The zero-order valence-electron chi connectivity index (χ0n) is 14.5. The summed E-state index contributed by atoms with van der Waals surface area (Å²) < 4.78 is 5.60. The standard InChI is InChI=1S/C18H18ClN3O4/c1-11-8-15(9-12(2)17(11)19)26-13(3)18(23)21-20-10-14-6-4-5-7-16(14)22(24)25/h4-10,13H,1-3H3,(H,21,23)/b20-10+.